The topological polar surface area (TPSA) is 29.3 Å². The summed E-state index contributed by atoms with van der Waals surface area (Å²) in [7, 11) is 1.87. The van der Waals surface area contributed by atoms with Crippen LogP contribution in [0.1, 0.15) is 17.2 Å². The summed E-state index contributed by atoms with van der Waals surface area (Å²) in [5.74, 6) is -0.226. The number of benzene rings is 2. The third-order valence-corrected chi connectivity index (χ3v) is 3.35. The number of likely N-dealkylation sites (N-methyl/N-ethyl adjacent to an activating group) is 1. The summed E-state index contributed by atoms with van der Waals surface area (Å²) in [6.45, 7) is 2.48. The summed E-state index contributed by atoms with van der Waals surface area (Å²) >= 11 is 0. The molecule has 2 aromatic carbocycles. The van der Waals surface area contributed by atoms with Crippen LogP contribution in [0.5, 0.6) is 0 Å². The van der Waals surface area contributed by atoms with E-state index in [0.717, 1.165) is 5.56 Å². The molecule has 0 fully saturated rings. The van der Waals surface area contributed by atoms with E-state index in [4.69, 9.17) is 5.73 Å². The molecule has 0 spiro atoms. The lowest BCUT2D eigenvalue weighted by Gasteiger charge is -2.30. The van der Waals surface area contributed by atoms with E-state index in [1.807, 2.05) is 43.1 Å². The highest BCUT2D eigenvalue weighted by Crippen LogP contribution is 2.27. The molecule has 0 aromatic heterocycles. The predicted molar refractivity (Wildman–Crippen MR) is 77.8 cm³/mol. The molecule has 19 heavy (non-hydrogen) atoms. The SMILES string of the molecule is Cc1cccc(C(CN)N(C)c2ccccc2F)c1. The summed E-state index contributed by atoms with van der Waals surface area (Å²) in [6.07, 6.45) is 0. The highest BCUT2D eigenvalue weighted by molar-refractivity contribution is 5.49. The van der Waals surface area contributed by atoms with Crippen molar-refractivity contribution in [3.8, 4) is 0 Å². The maximum absolute atomic E-state index is 13.8. The Labute approximate surface area is 113 Å². The maximum atomic E-state index is 13.8. The molecular formula is C16H19FN2. The lowest BCUT2D eigenvalue weighted by atomic mass is 10.0. The molecule has 0 aliphatic rings. The van der Waals surface area contributed by atoms with E-state index in [1.54, 1.807) is 12.1 Å². The number of halogens is 1. The molecule has 2 rings (SSSR count). The molecule has 2 N–H and O–H groups in total. The fourth-order valence-electron chi connectivity index (χ4n) is 2.30. The van der Waals surface area contributed by atoms with Gasteiger partial charge in [-0.05, 0) is 24.6 Å². The highest BCUT2D eigenvalue weighted by Gasteiger charge is 2.18. The van der Waals surface area contributed by atoms with Crippen LogP contribution in [0.3, 0.4) is 0 Å². The van der Waals surface area contributed by atoms with Gasteiger partial charge in [0, 0.05) is 13.6 Å². The Morgan fingerprint density at radius 3 is 2.53 bits per heavy atom. The van der Waals surface area contributed by atoms with Gasteiger partial charge in [-0.25, -0.2) is 4.39 Å². The number of anilines is 1. The number of hydrogen-bond donors (Lipinski definition) is 1. The summed E-state index contributed by atoms with van der Waals surface area (Å²) in [6, 6.07) is 14.9. The molecule has 0 heterocycles. The fourth-order valence-corrected chi connectivity index (χ4v) is 2.30. The first-order valence-electron chi connectivity index (χ1n) is 6.37. The van der Waals surface area contributed by atoms with Gasteiger partial charge in [-0.1, -0.05) is 42.0 Å². The van der Waals surface area contributed by atoms with Crippen LogP contribution in [0.2, 0.25) is 0 Å². The van der Waals surface area contributed by atoms with Crippen LogP contribution in [0.4, 0.5) is 10.1 Å². The minimum absolute atomic E-state index is 0.0307. The van der Waals surface area contributed by atoms with Crippen LogP contribution in [0.15, 0.2) is 48.5 Å². The number of para-hydroxylation sites is 1. The van der Waals surface area contributed by atoms with E-state index < -0.39 is 0 Å². The number of nitrogens with zero attached hydrogens (tertiary/aromatic N) is 1. The van der Waals surface area contributed by atoms with E-state index in [9.17, 15) is 4.39 Å². The van der Waals surface area contributed by atoms with Gasteiger partial charge in [0.05, 0.1) is 11.7 Å². The van der Waals surface area contributed by atoms with Crippen molar-refractivity contribution in [3.63, 3.8) is 0 Å². The average molecular weight is 258 g/mol. The molecule has 2 aromatic rings. The van der Waals surface area contributed by atoms with Crippen LogP contribution < -0.4 is 10.6 Å². The molecule has 1 atom stereocenters. The molecule has 0 aliphatic heterocycles. The minimum Gasteiger partial charge on any atom is -0.364 e. The first kappa shape index (κ1) is 13.6. The van der Waals surface area contributed by atoms with Gasteiger partial charge in [0.2, 0.25) is 0 Å². The minimum atomic E-state index is -0.226. The molecule has 0 aliphatic carbocycles. The fraction of sp³-hybridized carbons (Fsp3) is 0.250. The Morgan fingerprint density at radius 2 is 1.89 bits per heavy atom. The molecular weight excluding hydrogens is 239 g/mol. The van der Waals surface area contributed by atoms with Gasteiger partial charge < -0.3 is 10.6 Å². The van der Waals surface area contributed by atoms with E-state index >= 15 is 0 Å². The molecule has 0 radical (unpaired) electrons. The Morgan fingerprint density at radius 1 is 1.16 bits per heavy atom. The van der Waals surface area contributed by atoms with Crippen LogP contribution in [0, 0.1) is 12.7 Å². The lowest BCUT2D eigenvalue weighted by Crippen LogP contribution is -2.31. The summed E-state index contributed by atoms with van der Waals surface area (Å²) in [4.78, 5) is 1.89. The van der Waals surface area contributed by atoms with Crippen molar-refractivity contribution >= 4 is 5.69 Å². The third kappa shape index (κ3) is 2.93. The standard InChI is InChI=1S/C16H19FN2/c1-12-6-5-7-13(10-12)16(11-18)19(2)15-9-4-3-8-14(15)17/h3-10,16H,11,18H2,1-2H3. The first-order valence-corrected chi connectivity index (χ1v) is 6.37. The third-order valence-electron chi connectivity index (χ3n) is 3.35. The average Bonchev–Trinajstić information content (AvgIpc) is 2.40. The molecule has 1 unspecified atom stereocenters. The Kier molecular flexibility index (Phi) is 4.17. The number of aryl methyl sites for hydroxylation is 1. The van der Waals surface area contributed by atoms with E-state index in [2.05, 4.69) is 6.07 Å². The van der Waals surface area contributed by atoms with Gasteiger partial charge in [0.1, 0.15) is 5.82 Å². The van der Waals surface area contributed by atoms with E-state index in [0.29, 0.717) is 12.2 Å². The lowest BCUT2D eigenvalue weighted by molar-refractivity contribution is 0.603. The van der Waals surface area contributed by atoms with Crippen molar-refractivity contribution in [1.82, 2.24) is 0 Å². The first-order chi connectivity index (χ1) is 9.13. The molecule has 0 amide bonds. The Bertz CT molecular complexity index is 554. The van der Waals surface area contributed by atoms with E-state index in [-0.39, 0.29) is 11.9 Å². The van der Waals surface area contributed by atoms with Gasteiger partial charge in [-0.15, -0.1) is 0 Å². The maximum Gasteiger partial charge on any atom is 0.146 e. The predicted octanol–water partition coefficient (Wildman–Crippen LogP) is 3.27. The van der Waals surface area contributed by atoms with Gasteiger partial charge >= 0.3 is 0 Å². The van der Waals surface area contributed by atoms with Crippen molar-refractivity contribution in [2.45, 2.75) is 13.0 Å². The second kappa shape index (κ2) is 5.85. The summed E-state index contributed by atoms with van der Waals surface area (Å²) < 4.78 is 13.8. The summed E-state index contributed by atoms with van der Waals surface area (Å²) in [5.41, 5.74) is 8.73. The van der Waals surface area contributed by atoms with Crippen LogP contribution in [-0.4, -0.2) is 13.6 Å². The molecule has 3 heteroatoms. The zero-order valence-corrected chi connectivity index (χ0v) is 11.3. The van der Waals surface area contributed by atoms with Crippen molar-refractivity contribution in [1.29, 1.82) is 0 Å². The molecule has 0 saturated heterocycles. The van der Waals surface area contributed by atoms with Gasteiger partial charge in [-0.2, -0.15) is 0 Å². The zero-order chi connectivity index (χ0) is 13.8. The smallest absolute Gasteiger partial charge is 0.146 e. The van der Waals surface area contributed by atoms with Crippen molar-refractivity contribution in [3.05, 3.63) is 65.5 Å². The molecule has 0 saturated carbocycles. The van der Waals surface area contributed by atoms with Gasteiger partial charge in [-0.3, -0.25) is 0 Å². The van der Waals surface area contributed by atoms with Crippen LogP contribution in [-0.2, 0) is 0 Å². The normalized spacial score (nSPS) is 12.2. The van der Waals surface area contributed by atoms with Gasteiger partial charge in [0.15, 0.2) is 0 Å². The van der Waals surface area contributed by atoms with Crippen LogP contribution >= 0.6 is 0 Å². The second-order valence-corrected chi connectivity index (χ2v) is 4.73. The van der Waals surface area contributed by atoms with Crippen molar-refractivity contribution in [2.24, 2.45) is 5.73 Å². The largest absolute Gasteiger partial charge is 0.364 e. The summed E-state index contributed by atoms with van der Waals surface area (Å²) in [5, 5.41) is 0. The Hall–Kier alpha value is -1.87. The molecule has 2 nitrogen and oxygen atoms in total. The molecule has 0 bridgehead atoms. The van der Waals surface area contributed by atoms with Gasteiger partial charge in [0.25, 0.3) is 0 Å². The quantitative estimate of drug-likeness (QED) is 0.912. The molecule has 100 valence electrons. The monoisotopic (exact) mass is 258 g/mol. The second-order valence-electron chi connectivity index (χ2n) is 4.73. The number of hydrogen-bond acceptors (Lipinski definition) is 2. The van der Waals surface area contributed by atoms with Crippen LogP contribution in [0.25, 0.3) is 0 Å². The number of rotatable bonds is 4. The zero-order valence-electron chi connectivity index (χ0n) is 11.3. The number of nitrogens with two attached hydrogens (primary N) is 1. The Balaban J connectivity index is 2.35. The van der Waals surface area contributed by atoms with E-state index in [1.165, 1.54) is 11.6 Å². The van der Waals surface area contributed by atoms with Crippen molar-refractivity contribution in [2.75, 3.05) is 18.5 Å². The van der Waals surface area contributed by atoms with Crippen molar-refractivity contribution < 1.29 is 4.39 Å². The highest BCUT2D eigenvalue weighted by atomic mass is 19.1.